The summed E-state index contributed by atoms with van der Waals surface area (Å²) in [5, 5.41) is 11.4. The Morgan fingerprint density at radius 3 is 2.88 bits per heavy atom. The van der Waals surface area contributed by atoms with Gasteiger partial charge in [-0.15, -0.1) is 0 Å². The molecule has 1 aromatic carbocycles. The second-order valence-electron chi connectivity index (χ2n) is 7.10. The number of aliphatic hydroxyl groups is 1. The average Bonchev–Trinajstić information content (AvgIpc) is 3.13. The Labute approximate surface area is 140 Å². The number of β-amino-alcohol motifs (C(OH)–C–C–N with tert-alkyl or cyclic N) is 1. The first kappa shape index (κ1) is 14.7. The van der Waals surface area contributed by atoms with Gasteiger partial charge in [-0.1, -0.05) is 12.2 Å². The Kier molecular flexibility index (Phi) is 2.90. The van der Waals surface area contributed by atoms with Gasteiger partial charge in [0.1, 0.15) is 0 Å². The van der Waals surface area contributed by atoms with E-state index in [1.807, 2.05) is 25.3 Å². The van der Waals surface area contributed by atoms with E-state index in [4.69, 9.17) is 18.9 Å². The van der Waals surface area contributed by atoms with Gasteiger partial charge >= 0.3 is 0 Å². The molecule has 0 aromatic heterocycles. The first-order valence-electron chi connectivity index (χ1n) is 8.29. The first-order valence-corrected chi connectivity index (χ1v) is 8.29. The van der Waals surface area contributed by atoms with Crippen molar-refractivity contribution in [1.82, 2.24) is 4.90 Å². The van der Waals surface area contributed by atoms with Crippen LogP contribution < -0.4 is 9.47 Å². The Balaban J connectivity index is 1.74. The number of ether oxygens (including phenoxy) is 4. The smallest absolute Gasteiger partial charge is 0.231 e. The maximum Gasteiger partial charge on any atom is 0.231 e. The number of rotatable bonds is 1. The normalized spacial score (nSPS) is 39.5. The van der Waals surface area contributed by atoms with Gasteiger partial charge in [0.2, 0.25) is 6.79 Å². The van der Waals surface area contributed by atoms with E-state index < -0.39 is 11.2 Å². The minimum absolute atomic E-state index is 0.0461. The van der Waals surface area contributed by atoms with E-state index in [0.717, 1.165) is 29.0 Å². The maximum atomic E-state index is 11.4. The predicted octanol–water partition coefficient (Wildman–Crippen LogP) is 1.16. The van der Waals surface area contributed by atoms with E-state index in [-0.39, 0.29) is 18.9 Å². The monoisotopic (exact) mass is 331 g/mol. The second-order valence-corrected chi connectivity index (χ2v) is 7.10. The van der Waals surface area contributed by atoms with Crippen LogP contribution >= 0.6 is 0 Å². The van der Waals surface area contributed by atoms with Crippen LogP contribution in [-0.4, -0.2) is 55.4 Å². The van der Waals surface area contributed by atoms with Crippen molar-refractivity contribution in [2.24, 2.45) is 0 Å². The minimum atomic E-state index is -1.25. The van der Waals surface area contributed by atoms with E-state index in [0.29, 0.717) is 13.2 Å². The molecule has 0 bridgehead atoms. The van der Waals surface area contributed by atoms with Gasteiger partial charge in [0.15, 0.2) is 17.3 Å². The molecule has 4 atom stereocenters. The van der Waals surface area contributed by atoms with E-state index in [1.54, 1.807) is 7.11 Å². The van der Waals surface area contributed by atoms with Crippen LogP contribution in [0.2, 0.25) is 0 Å². The summed E-state index contributed by atoms with van der Waals surface area (Å²) in [6.45, 7) is 1.07. The lowest BCUT2D eigenvalue weighted by Gasteiger charge is -2.49. The molecular formula is C18H21NO5. The van der Waals surface area contributed by atoms with Crippen LogP contribution in [0.3, 0.4) is 0 Å². The highest BCUT2D eigenvalue weighted by molar-refractivity contribution is 5.56. The summed E-state index contributed by atoms with van der Waals surface area (Å²) < 4.78 is 22.6. The van der Waals surface area contributed by atoms with Crippen LogP contribution in [-0.2, 0) is 21.5 Å². The van der Waals surface area contributed by atoms with Crippen molar-refractivity contribution >= 4 is 0 Å². The molecule has 0 radical (unpaired) electrons. The van der Waals surface area contributed by atoms with Crippen LogP contribution in [0, 0.1) is 0 Å². The Hall–Kier alpha value is -1.60. The van der Waals surface area contributed by atoms with Crippen molar-refractivity contribution in [2.75, 3.05) is 27.5 Å². The molecule has 0 unspecified atom stereocenters. The number of nitrogens with zero attached hydrogens (tertiary/aromatic N) is 1. The molecule has 0 saturated carbocycles. The molecule has 3 heterocycles. The molecule has 1 N–H and O–H groups in total. The van der Waals surface area contributed by atoms with E-state index in [9.17, 15) is 5.11 Å². The van der Waals surface area contributed by atoms with Crippen molar-refractivity contribution in [3.8, 4) is 11.5 Å². The second kappa shape index (κ2) is 4.73. The fraction of sp³-hybridized carbons (Fsp3) is 0.556. The lowest BCUT2D eigenvalue weighted by molar-refractivity contribution is -0.236. The quantitative estimate of drug-likeness (QED) is 0.780. The first-order chi connectivity index (χ1) is 11.6. The number of benzene rings is 1. The molecule has 0 amide bonds. The van der Waals surface area contributed by atoms with Crippen molar-refractivity contribution < 1.29 is 24.1 Å². The number of likely N-dealkylation sites (N-methyl/N-ethyl adjacent to an activating group) is 1. The third kappa shape index (κ3) is 1.64. The zero-order valence-electron chi connectivity index (χ0n) is 13.8. The zero-order valence-corrected chi connectivity index (χ0v) is 13.8. The summed E-state index contributed by atoms with van der Waals surface area (Å²) in [6, 6.07) is 4.10. The molecule has 128 valence electrons. The standard InChI is InChI=1S/C18H21NO5/c1-19-9-18(20)17(4-3-12(21-2)6-16(17)19)13-7-15-14(22-10-23-15)5-11(13)8-24-18/h3-5,7,12,16,20H,6,8-10H2,1-2H3/t12-,16+,17+,18+/m1/s1. The van der Waals surface area contributed by atoms with Gasteiger partial charge in [0, 0.05) is 13.2 Å². The van der Waals surface area contributed by atoms with Crippen LogP contribution in [0.15, 0.2) is 24.3 Å². The van der Waals surface area contributed by atoms with Crippen molar-refractivity contribution in [3.05, 3.63) is 35.4 Å². The van der Waals surface area contributed by atoms with Gasteiger partial charge in [0.25, 0.3) is 0 Å². The van der Waals surface area contributed by atoms with Crippen molar-refractivity contribution in [3.63, 3.8) is 0 Å². The van der Waals surface area contributed by atoms with Gasteiger partial charge in [-0.2, -0.15) is 0 Å². The molecule has 24 heavy (non-hydrogen) atoms. The molecule has 6 heteroatoms. The fourth-order valence-electron chi connectivity index (χ4n) is 4.86. The summed E-state index contributed by atoms with van der Waals surface area (Å²) in [5.41, 5.74) is 1.50. The van der Waals surface area contributed by atoms with E-state index in [2.05, 4.69) is 11.0 Å². The fourth-order valence-corrected chi connectivity index (χ4v) is 4.86. The molecule has 1 aliphatic carbocycles. The number of fused-ring (bicyclic) bond motifs is 2. The highest BCUT2D eigenvalue weighted by Gasteiger charge is 2.66. The van der Waals surface area contributed by atoms with Crippen LogP contribution in [0.1, 0.15) is 17.5 Å². The summed E-state index contributed by atoms with van der Waals surface area (Å²) in [6.07, 6.45) is 4.98. The average molecular weight is 331 g/mol. The molecule has 6 nitrogen and oxygen atoms in total. The van der Waals surface area contributed by atoms with Gasteiger partial charge in [-0.3, -0.25) is 4.90 Å². The molecule has 3 aliphatic heterocycles. The Bertz CT molecular complexity index is 734. The molecule has 5 rings (SSSR count). The lowest BCUT2D eigenvalue weighted by Crippen LogP contribution is -2.59. The molecular weight excluding hydrogens is 310 g/mol. The SMILES string of the molecule is CO[C@@H]1C=C[C@@]23c4cc5c(cc4CO[C@@]2(O)CN(C)[C@H]3C1)OCO5. The summed E-state index contributed by atoms with van der Waals surface area (Å²) in [7, 11) is 3.75. The zero-order chi connectivity index (χ0) is 16.5. The van der Waals surface area contributed by atoms with Gasteiger partial charge < -0.3 is 24.1 Å². The third-order valence-electron chi connectivity index (χ3n) is 6.01. The minimum Gasteiger partial charge on any atom is -0.454 e. The molecule has 1 saturated heterocycles. The number of hydrogen-bond acceptors (Lipinski definition) is 6. The van der Waals surface area contributed by atoms with Crippen LogP contribution in [0.5, 0.6) is 11.5 Å². The number of hydrogen-bond donors (Lipinski definition) is 1. The molecule has 4 aliphatic rings. The highest BCUT2D eigenvalue weighted by atomic mass is 16.7. The largest absolute Gasteiger partial charge is 0.454 e. The lowest BCUT2D eigenvalue weighted by atomic mass is 9.64. The van der Waals surface area contributed by atoms with Crippen LogP contribution in [0.25, 0.3) is 0 Å². The van der Waals surface area contributed by atoms with Crippen LogP contribution in [0.4, 0.5) is 0 Å². The van der Waals surface area contributed by atoms with Crippen molar-refractivity contribution in [1.29, 1.82) is 0 Å². The summed E-state index contributed by atoms with van der Waals surface area (Å²) in [4.78, 5) is 2.18. The Morgan fingerprint density at radius 2 is 2.08 bits per heavy atom. The maximum absolute atomic E-state index is 11.4. The van der Waals surface area contributed by atoms with Gasteiger partial charge in [-0.05, 0) is 36.7 Å². The third-order valence-corrected chi connectivity index (χ3v) is 6.01. The molecule has 1 aromatic rings. The topological polar surface area (TPSA) is 60.4 Å². The number of methoxy groups -OCH3 is 1. The van der Waals surface area contributed by atoms with Gasteiger partial charge in [-0.25, -0.2) is 0 Å². The molecule has 1 spiro atoms. The van der Waals surface area contributed by atoms with Gasteiger partial charge in [0.05, 0.1) is 24.7 Å². The van der Waals surface area contributed by atoms with Crippen molar-refractivity contribution in [2.45, 2.75) is 36.4 Å². The van der Waals surface area contributed by atoms with E-state index >= 15 is 0 Å². The highest BCUT2D eigenvalue weighted by Crippen LogP contribution is 2.56. The Morgan fingerprint density at radius 1 is 1.29 bits per heavy atom. The number of likely N-dealkylation sites (tertiary alicyclic amines) is 1. The van der Waals surface area contributed by atoms with E-state index in [1.165, 1.54) is 0 Å². The summed E-state index contributed by atoms with van der Waals surface area (Å²) in [5.74, 6) is 0.238. The molecule has 1 fully saturated rings. The summed E-state index contributed by atoms with van der Waals surface area (Å²) >= 11 is 0. The predicted molar refractivity (Wildman–Crippen MR) is 85.0 cm³/mol.